The summed E-state index contributed by atoms with van der Waals surface area (Å²) in [5, 5.41) is 8.19. The highest BCUT2D eigenvalue weighted by Crippen LogP contribution is 2.19. The van der Waals surface area contributed by atoms with Gasteiger partial charge in [0, 0.05) is 37.3 Å². The summed E-state index contributed by atoms with van der Waals surface area (Å²) in [6.45, 7) is 5.61. The fourth-order valence-electron chi connectivity index (χ4n) is 2.70. The molecule has 0 aliphatic rings. The summed E-state index contributed by atoms with van der Waals surface area (Å²) in [6.07, 6.45) is 8.31. The van der Waals surface area contributed by atoms with Crippen molar-refractivity contribution in [3.8, 4) is 0 Å². The number of amides is 3. The highest BCUT2D eigenvalue weighted by atomic mass is 16.2. The van der Waals surface area contributed by atoms with E-state index in [1.807, 2.05) is 0 Å². The van der Waals surface area contributed by atoms with Gasteiger partial charge in [0.05, 0.1) is 0 Å². The van der Waals surface area contributed by atoms with Gasteiger partial charge >= 0.3 is 0 Å². The van der Waals surface area contributed by atoms with Gasteiger partial charge in [-0.05, 0) is 24.6 Å². The second-order valence-corrected chi connectivity index (χ2v) is 6.54. The molecule has 0 bridgehead atoms. The number of nitrogens with one attached hydrogen (secondary N) is 3. The van der Waals surface area contributed by atoms with Crippen LogP contribution in [0.3, 0.4) is 0 Å². The number of rotatable bonds is 11. The molecule has 0 radical (unpaired) electrons. The van der Waals surface area contributed by atoms with Crippen LogP contribution < -0.4 is 16.0 Å². The fraction of sp³-hybridized carbons (Fsp3) is 0.550. The van der Waals surface area contributed by atoms with Gasteiger partial charge in [-0.3, -0.25) is 14.4 Å². The first kappa shape index (κ1) is 21.7. The van der Waals surface area contributed by atoms with Gasteiger partial charge < -0.3 is 16.0 Å². The Morgan fingerprint density at radius 2 is 1.27 bits per heavy atom. The Kier molecular flexibility index (Phi) is 10.1. The Bertz CT molecular complexity index is 580. The molecule has 0 fully saturated rings. The van der Waals surface area contributed by atoms with E-state index < -0.39 is 0 Å². The van der Waals surface area contributed by atoms with Crippen molar-refractivity contribution in [1.29, 1.82) is 0 Å². The van der Waals surface area contributed by atoms with Gasteiger partial charge in [0.25, 0.3) is 5.91 Å². The Morgan fingerprint density at radius 1 is 0.769 bits per heavy atom. The number of carbonyl (C=O) groups excluding carboxylic acids is 3. The molecule has 1 aromatic rings. The van der Waals surface area contributed by atoms with Gasteiger partial charge in [0.15, 0.2) is 0 Å². The van der Waals surface area contributed by atoms with Gasteiger partial charge in [-0.2, -0.15) is 0 Å². The van der Waals surface area contributed by atoms with Crippen molar-refractivity contribution in [2.24, 2.45) is 0 Å². The molecule has 3 N–H and O–H groups in total. The molecule has 26 heavy (non-hydrogen) atoms. The number of hydrogen-bond donors (Lipinski definition) is 3. The Morgan fingerprint density at radius 3 is 1.77 bits per heavy atom. The van der Waals surface area contributed by atoms with E-state index in [9.17, 15) is 14.4 Å². The summed E-state index contributed by atoms with van der Waals surface area (Å²) >= 11 is 0. The van der Waals surface area contributed by atoms with Crippen molar-refractivity contribution in [2.75, 3.05) is 17.2 Å². The molecule has 0 atom stereocenters. The molecule has 3 amide bonds. The second kappa shape index (κ2) is 12.1. The molecule has 0 aliphatic heterocycles. The molecule has 0 saturated carbocycles. The first-order chi connectivity index (χ1) is 12.4. The zero-order chi connectivity index (χ0) is 19.4. The molecular formula is C20H31N3O3. The molecule has 0 heterocycles. The van der Waals surface area contributed by atoms with E-state index in [4.69, 9.17) is 0 Å². The van der Waals surface area contributed by atoms with Gasteiger partial charge in [-0.25, -0.2) is 0 Å². The van der Waals surface area contributed by atoms with Crippen molar-refractivity contribution >= 4 is 29.1 Å². The lowest BCUT2D eigenvalue weighted by Gasteiger charge is -2.11. The van der Waals surface area contributed by atoms with Crippen LogP contribution in [0.5, 0.6) is 0 Å². The molecule has 6 nitrogen and oxygen atoms in total. The topological polar surface area (TPSA) is 87.3 Å². The van der Waals surface area contributed by atoms with Crippen LogP contribution in [0.15, 0.2) is 18.2 Å². The molecule has 0 unspecified atom stereocenters. The Labute approximate surface area is 156 Å². The van der Waals surface area contributed by atoms with Crippen molar-refractivity contribution < 1.29 is 14.4 Å². The lowest BCUT2D eigenvalue weighted by Crippen LogP contribution is -2.25. The van der Waals surface area contributed by atoms with E-state index in [1.54, 1.807) is 18.2 Å². The van der Waals surface area contributed by atoms with E-state index in [-0.39, 0.29) is 17.7 Å². The molecular weight excluding hydrogens is 330 g/mol. The maximum atomic E-state index is 12.4. The molecule has 144 valence electrons. The van der Waals surface area contributed by atoms with Crippen molar-refractivity contribution in [3.63, 3.8) is 0 Å². The first-order valence-electron chi connectivity index (χ1n) is 9.41. The predicted octanol–water partition coefficient (Wildman–Crippen LogP) is 4.08. The Hall–Kier alpha value is -2.37. The van der Waals surface area contributed by atoms with E-state index in [1.165, 1.54) is 46.0 Å². The van der Waals surface area contributed by atoms with Crippen LogP contribution in [0.4, 0.5) is 11.4 Å². The summed E-state index contributed by atoms with van der Waals surface area (Å²) in [5.41, 5.74) is 1.36. The number of hydrogen-bond acceptors (Lipinski definition) is 3. The summed E-state index contributed by atoms with van der Waals surface area (Å²) in [4.78, 5) is 34.9. The van der Waals surface area contributed by atoms with Crippen LogP contribution in [0.2, 0.25) is 0 Å². The van der Waals surface area contributed by atoms with Gasteiger partial charge in [-0.15, -0.1) is 0 Å². The number of anilines is 2. The quantitative estimate of drug-likeness (QED) is 0.519. The summed E-state index contributed by atoms with van der Waals surface area (Å²) < 4.78 is 0. The van der Waals surface area contributed by atoms with Gasteiger partial charge in [-0.1, -0.05) is 45.4 Å². The van der Waals surface area contributed by atoms with Crippen molar-refractivity contribution in [2.45, 2.75) is 65.7 Å². The fourth-order valence-corrected chi connectivity index (χ4v) is 2.70. The summed E-state index contributed by atoms with van der Waals surface area (Å²) in [7, 11) is 0. The largest absolute Gasteiger partial charge is 0.352 e. The van der Waals surface area contributed by atoms with Gasteiger partial charge in [0.2, 0.25) is 11.8 Å². The average Bonchev–Trinajstić information content (AvgIpc) is 2.55. The molecule has 0 aromatic heterocycles. The van der Waals surface area contributed by atoms with Gasteiger partial charge in [0.1, 0.15) is 0 Å². The average molecular weight is 361 g/mol. The van der Waals surface area contributed by atoms with E-state index >= 15 is 0 Å². The van der Waals surface area contributed by atoms with Crippen LogP contribution in [0.1, 0.15) is 76.1 Å². The van der Waals surface area contributed by atoms with E-state index in [0.717, 1.165) is 12.8 Å². The number of unbranched alkanes of at least 4 members (excludes halogenated alkanes) is 6. The zero-order valence-corrected chi connectivity index (χ0v) is 16.1. The highest BCUT2D eigenvalue weighted by Gasteiger charge is 2.10. The normalized spacial score (nSPS) is 10.3. The third-order valence-electron chi connectivity index (χ3n) is 3.90. The smallest absolute Gasteiger partial charge is 0.251 e. The van der Waals surface area contributed by atoms with Crippen LogP contribution in [0.25, 0.3) is 0 Å². The molecule has 1 rings (SSSR count). The zero-order valence-electron chi connectivity index (χ0n) is 16.1. The van der Waals surface area contributed by atoms with Crippen LogP contribution >= 0.6 is 0 Å². The molecule has 0 saturated heterocycles. The SMILES string of the molecule is CCCCCCCCCNC(=O)c1cc(NC(C)=O)cc(NC(C)=O)c1. The Balaban J connectivity index is 2.55. The standard InChI is InChI=1S/C20H31N3O3/c1-4-5-6-7-8-9-10-11-21-20(26)17-12-18(22-15(2)24)14-19(13-17)23-16(3)25/h12-14H,4-11H2,1-3H3,(H,21,26)(H,22,24)(H,23,25). The monoisotopic (exact) mass is 361 g/mol. The lowest BCUT2D eigenvalue weighted by molar-refractivity contribution is -0.115. The number of benzene rings is 1. The maximum Gasteiger partial charge on any atom is 0.251 e. The molecule has 0 aliphatic carbocycles. The second-order valence-electron chi connectivity index (χ2n) is 6.54. The third kappa shape index (κ3) is 9.20. The highest BCUT2D eigenvalue weighted by molar-refractivity contribution is 5.99. The minimum Gasteiger partial charge on any atom is -0.352 e. The molecule has 1 aromatic carbocycles. The molecule has 6 heteroatoms. The molecule has 0 spiro atoms. The van der Waals surface area contributed by atoms with Crippen LogP contribution in [-0.4, -0.2) is 24.3 Å². The minimum absolute atomic E-state index is 0.213. The maximum absolute atomic E-state index is 12.4. The third-order valence-corrected chi connectivity index (χ3v) is 3.90. The summed E-state index contributed by atoms with van der Waals surface area (Å²) in [5.74, 6) is -0.686. The van der Waals surface area contributed by atoms with Crippen LogP contribution in [0, 0.1) is 0 Å². The van der Waals surface area contributed by atoms with E-state index in [2.05, 4.69) is 22.9 Å². The minimum atomic E-state index is -0.237. The number of carbonyl (C=O) groups is 3. The van der Waals surface area contributed by atoms with Crippen molar-refractivity contribution in [1.82, 2.24) is 5.32 Å². The first-order valence-corrected chi connectivity index (χ1v) is 9.41. The van der Waals surface area contributed by atoms with Crippen LogP contribution in [-0.2, 0) is 9.59 Å². The lowest BCUT2D eigenvalue weighted by atomic mass is 10.1. The summed E-state index contributed by atoms with van der Waals surface area (Å²) in [6, 6.07) is 4.83. The van der Waals surface area contributed by atoms with Crippen molar-refractivity contribution in [3.05, 3.63) is 23.8 Å². The van der Waals surface area contributed by atoms with E-state index in [0.29, 0.717) is 23.5 Å². The predicted molar refractivity (Wildman–Crippen MR) is 105 cm³/mol.